The maximum absolute atomic E-state index is 12.2. The first kappa shape index (κ1) is 22.0. The minimum atomic E-state index is -0.252. The van der Waals surface area contributed by atoms with Crippen molar-refractivity contribution in [2.24, 2.45) is 0 Å². The van der Waals surface area contributed by atoms with Gasteiger partial charge in [0.1, 0.15) is 5.75 Å². The summed E-state index contributed by atoms with van der Waals surface area (Å²) in [4.78, 5) is 12.2. The Labute approximate surface area is 183 Å². The zero-order valence-corrected chi connectivity index (χ0v) is 18.1. The molecule has 0 heterocycles. The maximum atomic E-state index is 12.2. The van der Waals surface area contributed by atoms with Gasteiger partial charge in [0.2, 0.25) is 0 Å². The standard InChI is InChI=1S/C25H28N2O4/c1-4-30-24-15-19(16-26-20-8-5-18(2)6-9-20)7-14-23(24)31-17-25(28)27-21-10-12-22(29-3)13-11-21/h5-15,26H,4,16-17H2,1-3H3,(H,27,28). The molecule has 0 spiro atoms. The number of aryl methyl sites for hydroxylation is 1. The summed E-state index contributed by atoms with van der Waals surface area (Å²) in [5.41, 5.74) is 4.01. The summed E-state index contributed by atoms with van der Waals surface area (Å²) in [6.45, 7) is 5.02. The highest BCUT2D eigenvalue weighted by atomic mass is 16.5. The molecule has 6 nitrogen and oxygen atoms in total. The second-order valence-electron chi connectivity index (χ2n) is 7.00. The van der Waals surface area contributed by atoms with Gasteiger partial charge in [0.15, 0.2) is 18.1 Å². The van der Waals surface area contributed by atoms with Gasteiger partial charge < -0.3 is 24.8 Å². The Hall–Kier alpha value is -3.67. The number of carbonyl (C=O) groups is 1. The van der Waals surface area contributed by atoms with Crippen molar-refractivity contribution in [3.05, 3.63) is 77.9 Å². The quantitative estimate of drug-likeness (QED) is 0.481. The van der Waals surface area contributed by atoms with E-state index in [0.717, 1.165) is 17.0 Å². The Morgan fingerprint density at radius 3 is 2.26 bits per heavy atom. The molecule has 0 saturated carbocycles. The van der Waals surface area contributed by atoms with E-state index in [1.54, 1.807) is 31.4 Å². The number of benzene rings is 3. The molecule has 3 aromatic carbocycles. The number of ether oxygens (including phenoxy) is 3. The summed E-state index contributed by atoms with van der Waals surface area (Å²) in [6, 6.07) is 21.1. The van der Waals surface area contributed by atoms with Crippen molar-refractivity contribution in [2.75, 3.05) is 31.0 Å². The van der Waals surface area contributed by atoms with E-state index in [2.05, 4.69) is 41.8 Å². The molecule has 0 aliphatic rings. The number of amides is 1. The van der Waals surface area contributed by atoms with Crippen LogP contribution < -0.4 is 24.8 Å². The average molecular weight is 421 g/mol. The lowest BCUT2D eigenvalue weighted by molar-refractivity contribution is -0.118. The molecule has 0 aliphatic heterocycles. The molecule has 162 valence electrons. The first-order chi connectivity index (χ1) is 15.1. The number of rotatable bonds is 10. The molecular weight excluding hydrogens is 392 g/mol. The fourth-order valence-corrected chi connectivity index (χ4v) is 2.94. The van der Waals surface area contributed by atoms with Crippen molar-refractivity contribution in [3.8, 4) is 17.2 Å². The van der Waals surface area contributed by atoms with E-state index in [0.29, 0.717) is 30.3 Å². The van der Waals surface area contributed by atoms with E-state index in [-0.39, 0.29) is 12.5 Å². The number of hydrogen-bond donors (Lipinski definition) is 2. The number of nitrogens with one attached hydrogen (secondary N) is 2. The Morgan fingerprint density at radius 2 is 1.58 bits per heavy atom. The number of carbonyl (C=O) groups excluding carboxylic acids is 1. The topological polar surface area (TPSA) is 68.8 Å². The molecule has 2 N–H and O–H groups in total. The predicted molar refractivity (Wildman–Crippen MR) is 123 cm³/mol. The van der Waals surface area contributed by atoms with Crippen LogP contribution in [0.2, 0.25) is 0 Å². The van der Waals surface area contributed by atoms with Crippen molar-refractivity contribution in [2.45, 2.75) is 20.4 Å². The fourth-order valence-electron chi connectivity index (χ4n) is 2.94. The molecule has 0 saturated heterocycles. The molecule has 0 fully saturated rings. The highest BCUT2D eigenvalue weighted by Gasteiger charge is 2.10. The Balaban J connectivity index is 1.57. The molecule has 1 amide bonds. The number of methoxy groups -OCH3 is 1. The SMILES string of the molecule is CCOc1cc(CNc2ccc(C)cc2)ccc1OCC(=O)Nc1ccc(OC)cc1. The van der Waals surface area contributed by atoms with Crippen LogP contribution in [0.1, 0.15) is 18.1 Å². The Bertz CT molecular complexity index is 985. The normalized spacial score (nSPS) is 10.3. The minimum Gasteiger partial charge on any atom is -0.497 e. The summed E-state index contributed by atoms with van der Waals surface area (Å²) >= 11 is 0. The van der Waals surface area contributed by atoms with Gasteiger partial charge in [0.05, 0.1) is 13.7 Å². The van der Waals surface area contributed by atoms with Crippen LogP contribution in [0.4, 0.5) is 11.4 Å². The molecule has 0 aliphatic carbocycles. The van der Waals surface area contributed by atoms with Gasteiger partial charge in [-0.25, -0.2) is 0 Å². The van der Waals surface area contributed by atoms with Crippen LogP contribution in [-0.4, -0.2) is 26.2 Å². The second-order valence-corrected chi connectivity index (χ2v) is 7.00. The third-order valence-corrected chi connectivity index (χ3v) is 4.59. The van der Waals surface area contributed by atoms with Crippen LogP contribution in [0, 0.1) is 6.92 Å². The lowest BCUT2D eigenvalue weighted by Gasteiger charge is -2.14. The molecule has 0 atom stereocenters. The third kappa shape index (κ3) is 6.67. The summed E-state index contributed by atoms with van der Waals surface area (Å²) in [6.07, 6.45) is 0. The van der Waals surface area contributed by atoms with E-state index < -0.39 is 0 Å². The van der Waals surface area contributed by atoms with E-state index in [4.69, 9.17) is 14.2 Å². The van der Waals surface area contributed by atoms with Crippen LogP contribution in [0.3, 0.4) is 0 Å². The Kier molecular flexibility index (Phi) is 7.76. The number of anilines is 2. The molecule has 31 heavy (non-hydrogen) atoms. The Morgan fingerprint density at radius 1 is 0.871 bits per heavy atom. The van der Waals surface area contributed by atoms with Crippen molar-refractivity contribution in [1.82, 2.24) is 0 Å². The third-order valence-electron chi connectivity index (χ3n) is 4.59. The summed E-state index contributed by atoms with van der Waals surface area (Å²) in [5.74, 6) is 1.62. The summed E-state index contributed by atoms with van der Waals surface area (Å²) < 4.78 is 16.6. The van der Waals surface area contributed by atoms with Crippen LogP contribution >= 0.6 is 0 Å². The molecule has 0 unspecified atom stereocenters. The van der Waals surface area contributed by atoms with E-state index in [9.17, 15) is 4.79 Å². The van der Waals surface area contributed by atoms with Crippen molar-refractivity contribution >= 4 is 17.3 Å². The highest BCUT2D eigenvalue weighted by molar-refractivity contribution is 5.91. The van der Waals surface area contributed by atoms with Gasteiger partial charge in [-0.2, -0.15) is 0 Å². The molecule has 0 bridgehead atoms. The van der Waals surface area contributed by atoms with Gasteiger partial charge in [-0.15, -0.1) is 0 Å². The highest BCUT2D eigenvalue weighted by Crippen LogP contribution is 2.29. The van der Waals surface area contributed by atoms with Crippen LogP contribution in [-0.2, 0) is 11.3 Å². The number of hydrogen-bond acceptors (Lipinski definition) is 5. The van der Waals surface area contributed by atoms with Crippen molar-refractivity contribution in [3.63, 3.8) is 0 Å². The van der Waals surface area contributed by atoms with Gasteiger partial charge in [0.25, 0.3) is 5.91 Å². The van der Waals surface area contributed by atoms with Crippen LogP contribution in [0.5, 0.6) is 17.2 Å². The molecule has 6 heteroatoms. The summed E-state index contributed by atoms with van der Waals surface area (Å²) in [7, 11) is 1.60. The zero-order chi connectivity index (χ0) is 22.1. The molecule has 3 rings (SSSR count). The predicted octanol–water partition coefficient (Wildman–Crippen LogP) is 5.03. The second kappa shape index (κ2) is 10.9. The largest absolute Gasteiger partial charge is 0.497 e. The molecule has 3 aromatic rings. The molecular formula is C25H28N2O4. The molecule has 0 radical (unpaired) electrons. The fraction of sp³-hybridized carbons (Fsp3) is 0.240. The lowest BCUT2D eigenvalue weighted by Crippen LogP contribution is -2.20. The van der Waals surface area contributed by atoms with Crippen molar-refractivity contribution in [1.29, 1.82) is 0 Å². The van der Waals surface area contributed by atoms with E-state index in [1.165, 1.54) is 5.56 Å². The monoisotopic (exact) mass is 420 g/mol. The smallest absolute Gasteiger partial charge is 0.262 e. The van der Waals surface area contributed by atoms with Crippen molar-refractivity contribution < 1.29 is 19.0 Å². The lowest BCUT2D eigenvalue weighted by atomic mass is 10.2. The van der Waals surface area contributed by atoms with E-state index >= 15 is 0 Å². The van der Waals surface area contributed by atoms with Gasteiger partial charge >= 0.3 is 0 Å². The van der Waals surface area contributed by atoms with Gasteiger partial charge in [-0.3, -0.25) is 4.79 Å². The van der Waals surface area contributed by atoms with Crippen LogP contribution in [0.25, 0.3) is 0 Å². The average Bonchev–Trinajstić information content (AvgIpc) is 2.79. The van der Waals surface area contributed by atoms with Crippen LogP contribution in [0.15, 0.2) is 66.7 Å². The zero-order valence-electron chi connectivity index (χ0n) is 18.1. The molecule has 0 aromatic heterocycles. The van der Waals surface area contributed by atoms with Gasteiger partial charge in [-0.1, -0.05) is 23.8 Å². The summed E-state index contributed by atoms with van der Waals surface area (Å²) in [5, 5.41) is 6.19. The van der Waals surface area contributed by atoms with Gasteiger partial charge in [-0.05, 0) is 67.9 Å². The first-order valence-electron chi connectivity index (χ1n) is 10.2. The first-order valence-corrected chi connectivity index (χ1v) is 10.2. The van der Waals surface area contributed by atoms with E-state index in [1.807, 2.05) is 25.1 Å². The van der Waals surface area contributed by atoms with Gasteiger partial charge in [0, 0.05) is 17.9 Å². The maximum Gasteiger partial charge on any atom is 0.262 e. The minimum absolute atomic E-state index is 0.118.